The van der Waals surface area contributed by atoms with Crippen LogP contribution in [0.3, 0.4) is 0 Å². The number of para-hydroxylation sites is 1. The fraction of sp³-hybridized carbons (Fsp3) is 0.158. The maximum Gasteiger partial charge on any atom is 0.263 e. The summed E-state index contributed by atoms with van der Waals surface area (Å²) in [5, 5.41) is 2.96. The third kappa shape index (κ3) is 5.15. The molecular weight excluding hydrogens is 406 g/mol. The summed E-state index contributed by atoms with van der Waals surface area (Å²) in [7, 11) is 1.53. The quantitative estimate of drug-likeness (QED) is 0.408. The van der Waals surface area contributed by atoms with Gasteiger partial charge >= 0.3 is 0 Å². The van der Waals surface area contributed by atoms with E-state index in [-0.39, 0.29) is 5.91 Å². The fourth-order valence-corrected chi connectivity index (χ4v) is 3.67. The second kappa shape index (κ2) is 9.12. The zero-order valence-electron chi connectivity index (χ0n) is 14.4. The first-order chi connectivity index (χ1) is 13.1. The van der Waals surface area contributed by atoms with Crippen molar-refractivity contribution in [1.82, 2.24) is 5.32 Å². The number of benzene rings is 2. The predicted molar refractivity (Wildman–Crippen MR) is 112 cm³/mol. The molecule has 3 rings (SSSR count). The average Bonchev–Trinajstić information content (AvgIpc) is 2.97. The largest absolute Gasteiger partial charge is 0.493 e. The summed E-state index contributed by atoms with van der Waals surface area (Å²) in [6.07, 6.45) is 1.70. The van der Waals surface area contributed by atoms with Gasteiger partial charge in [-0.1, -0.05) is 53.8 Å². The Bertz CT molecular complexity index is 887. The molecule has 1 heterocycles. The van der Waals surface area contributed by atoms with Gasteiger partial charge in [0.1, 0.15) is 23.3 Å². The molecule has 1 amide bonds. The van der Waals surface area contributed by atoms with Crippen LogP contribution in [-0.4, -0.2) is 30.6 Å². The second-order valence-electron chi connectivity index (χ2n) is 5.40. The number of carbonyl (C=O) groups excluding carboxylic acids is 1. The first kappa shape index (κ1) is 19.5. The van der Waals surface area contributed by atoms with Gasteiger partial charge in [0, 0.05) is 0 Å². The van der Waals surface area contributed by atoms with Crippen molar-refractivity contribution in [3.05, 3.63) is 58.0 Å². The molecule has 140 valence electrons. The fourth-order valence-electron chi connectivity index (χ4n) is 2.36. The highest BCUT2D eigenvalue weighted by Crippen LogP contribution is 2.38. The van der Waals surface area contributed by atoms with Crippen LogP contribution in [0.1, 0.15) is 5.56 Å². The van der Waals surface area contributed by atoms with Crippen LogP contribution in [0.15, 0.2) is 47.4 Å². The molecule has 1 aliphatic rings. The Morgan fingerprint density at radius 1 is 1.19 bits per heavy atom. The van der Waals surface area contributed by atoms with E-state index in [4.69, 9.17) is 38.0 Å². The van der Waals surface area contributed by atoms with E-state index in [1.165, 1.54) is 18.9 Å². The Hall–Kier alpha value is -2.22. The lowest BCUT2D eigenvalue weighted by molar-refractivity contribution is -0.115. The Labute approximate surface area is 171 Å². The number of amides is 1. The molecule has 8 heteroatoms. The number of hydrogen-bond donors (Lipinski definition) is 1. The van der Waals surface area contributed by atoms with Gasteiger partial charge in [-0.05, 0) is 35.9 Å². The zero-order chi connectivity index (χ0) is 19.2. The lowest BCUT2D eigenvalue weighted by atomic mass is 10.2. The summed E-state index contributed by atoms with van der Waals surface area (Å²) >= 11 is 12.5. The van der Waals surface area contributed by atoms with E-state index in [1.807, 2.05) is 30.3 Å². The van der Waals surface area contributed by atoms with Crippen molar-refractivity contribution in [2.24, 2.45) is 0 Å². The minimum Gasteiger partial charge on any atom is -0.493 e. The maximum atomic E-state index is 11.8. The Morgan fingerprint density at radius 2 is 1.93 bits per heavy atom. The van der Waals surface area contributed by atoms with Gasteiger partial charge in [0.2, 0.25) is 0 Å². The van der Waals surface area contributed by atoms with Gasteiger partial charge in [-0.2, -0.15) is 0 Å². The number of carbonyl (C=O) groups is 1. The van der Waals surface area contributed by atoms with Crippen LogP contribution >= 0.6 is 35.6 Å². The Balaban J connectivity index is 1.68. The van der Waals surface area contributed by atoms with Gasteiger partial charge in [0.25, 0.3) is 5.91 Å². The number of thiocarbonyl (C=S) groups is 1. The highest BCUT2D eigenvalue weighted by Gasteiger charge is 2.22. The zero-order valence-corrected chi connectivity index (χ0v) is 16.7. The molecule has 5 nitrogen and oxygen atoms in total. The van der Waals surface area contributed by atoms with Crippen molar-refractivity contribution in [2.45, 2.75) is 0 Å². The lowest BCUT2D eigenvalue weighted by Gasteiger charge is -2.14. The van der Waals surface area contributed by atoms with Crippen molar-refractivity contribution in [3.63, 3.8) is 0 Å². The molecule has 0 saturated carbocycles. The van der Waals surface area contributed by atoms with Crippen molar-refractivity contribution >= 4 is 51.9 Å². The second-order valence-corrected chi connectivity index (χ2v) is 7.52. The highest BCUT2D eigenvalue weighted by atomic mass is 35.5. The number of thioether (sulfide) groups is 1. The standard InChI is InChI=1S/C19H16ClNO4S2/c1-23-15-10-12(11-16-18(22)21-19(26)27-16)9-14(20)17(15)25-8-7-24-13-5-3-2-4-6-13/h2-6,9-11H,7-8H2,1H3,(H,21,22,26)/b16-11-. The summed E-state index contributed by atoms with van der Waals surface area (Å²) in [4.78, 5) is 12.3. The van der Waals surface area contributed by atoms with E-state index < -0.39 is 0 Å². The van der Waals surface area contributed by atoms with Crippen LogP contribution in [0.4, 0.5) is 0 Å². The smallest absolute Gasteiger partial charge is 0.263 e. The van der Waals surface area contributed by atoms with E-state index in [1.54, 1.807) is 18.2 Å². The SMILES string of the molecule is COc1cc(/C=C2\SC(=S)NC2=O)cc(Cl)c1OCCOc1ccccc1. The first-order valence-electron chi connectivity index (χ1n) is 8.00. The van der Waals surface area contributed by atoms with Crippen molar-refractivity contribution in [1.29, 1.82) is 0 Å². The number of methoxy groups -OCH3 is 1. The van der Waals surface area contributed by atoms with Gasteiger partial charge in [-0.15, -0.1) is 0 Å². The third-order valence-electron chi connectivity index (χ3n) is 3.53. The molecule has 0 unspecified atom stereocenters. The summed E-state index contributed by atoms with van der Waals surface area (Å²) in [5.74, 6) is 1.45. The molecule has 27 heavy (non-hydrogen) atoms. The van der Waals surface area contributed by atoms with Gasteiger partial charge < -0.3 is 19.5 Å². The minimum atomic E-state index is -0.224. The Kier molecular flexibility index (Phi) is 6.60. The number of ether oxygens (including phenoxy) is 3. The van der Waals surface area contributed by atoms with Crippen molar-refractivity contribution in [3.8, 4) is 17.2 Å². The molecule has 0 radical (unpaired) electrons. The first-order valence-corrected chi connectivity index (χ1v) is 9.60. The van der Waals surface area contributed by atoms with Crippen molar-refractivity contribution in [2.75, 3.05) is 20.3 Å². The topological polar surface area (TPSA) is 56.8 Å². The molecule has 2 aromatic carbocycles. The summed E-state index contributed by atoms with van der Waals surface area (Å²) in [6, 6.07) is 12.9. The van der Waals surface area contributed by atoms with Gasteiger partial charge in [-0.3, -0.25) is 4.79 Å². The van der Waals surface area contributed by atoms with Gasteiger partial charge in [-0.25, -0.2) is 0 Å². The summed E-state index contributed by atoms with van der Waals surface area (Å²) in [5.41, 5.74) is 0.715. The molecule has 1 saturated heterocycles. The lowest BCUT2D eigenvalue weighted by Crippen LogP contribution is -2.17. The highest BCUT2D eigenvalue weighted by molar-refractivity contribution is 8.26. The van der Waals surface area contributed by atoms with Crippen LogP contribution < -0.4 is 19.5 Å². The van der Waals surface area contributed by atoms with Crippen LogP contribution in [0.2, 0.25) is 5.02 Å². The summed E-state index contributed by atoms with van der Waals surface area (Å²) < 4.78 is 17.1. The molecule has 0 aliphatic carbocycles. The minimum absolute atomic E-state index is 0.224. The molecular formula is C19H16ClNO4S2. The van der Waals surface area contributed by atoms with Crippen LogP contribution in [0.5, 0.6) is 17.2 Å². The molecule has 0 aromatic heterocycles. The number of halogens is 1. The molecule has 1 fully saturated rings. The normalized spacial score (nSPS) is 15.0. The van der Waals surface area contributed by atoms with E-state index in [2.05, 4.69) is 5.32 Å². The van der Waals surface area contributed by atoms with Crippen LogP contribution in [-0.2, 0) is 4.79 Å². The van der Waals surface area contributed by atoms with Crippen LogP contribution in [0, 0.1) is 0 Å². The van der Waals surface area contributed by atoms with E-state index >= 15 is 0 Å². The van der Waals surface area contributed by atoms with Crippen molar-refractivity contribution < 1.29 is 19.0 Å². The molecule has 2 aromatic rings. The molecule has 1 aliphatic heterocycles. The third-order valence-corrected chi connectivity index (χ3v) is 4.98. The van der Waals surface area contributed by atoms with Gasteiger partial charge in [0.15, 0.2) is 11.5 Å². The summed E-state index contributed by atoms with van der Waals surface area (Å²) in [6.45, 7) is 0.668. The number of hydrogen-bond acceptors (Lipinski definition) is 6. The van der Waals surface area contributed by atoms with E-state index in [0.717, 1.165) is 5.75 Å². The average molecular weight is 422 g/mol. The van der Waals surface area contributed by atoms with Gasteiger partial charge in [0.05, 0.1) is 17.0 Å². The number of rotatable bonds is 7. The predicted octanol–water partition coefficient (Wildman–Crippen LogP) is 4.30. The molecule has 0 atom stereocenters. The molecule has 0 bridgehead atoms. The maximum absolute atomic E-state index is 11.8. The number of nitrogens with one attached hydrogen (secondary N) is 1. The molecule has 0 spiro atoms. The van der Waals surface area contributed by atoms with Crippen LogP contribution in [0.25, 0.3) is 6.08 Å². The monoisotopic (exact) mass is 421 g/mol. The van der Waals surface area contributed by atoms with E-state index in [9.17, 15) is 4.79 Å². The Morgan fingerprint density at radius 3 is 2.59 bits per heavy atom. The van der Waals surface area contributed by atoms with E-state index in [0.29, 0.717) is 44.5 Å². The molecule has 1 N–H and O–H groups in total.